The highest BCUT2D eigenvalue weighted by Gasteiger charge is 2.47. The van der Waals surface area contributed by atoms with Crippen LogP contribution >= 0.6 is 0 Å². The van der Waals surface area contributed by atoms with E-state index in [-0.39, 0.29) is 24.7 Å². The second-order valence-electron chi connectivity index (χ2n) is 12.8. The summed E-state index contributed by atoms with van der Waals surface area (Å²) in [5, 5.41) is 81.2. The van der Waals surface area contributed by atoms with E-state index >= 15 is 0 Å². The molecule has 0 saturated carbocycles. The Morgan fingerprint density at radius 1 is 0.706 bits per heavy atom. The highest BCUT2D eigenvalue weighted by atomic mass is 16.7. The molecule has 2 heterocycles. The second-order valence-corrected chi connectivity index (χ2v) is 12.8. The average Bonchev–Trinajstić information content (AvgIpc) is 3.13. The fraction of sp³-hybridized carbons (Fsp3) is 0.600. The Hall–Kier alpha value is -3.42. The minimum absolute atomic E-state index is 0.187. The Balaban J connectivity index is 1.28. The summed E-state index contributed by atoms with van der Waals surface area (Å²) in [6.07, 6.45) is -13.3. The zero-order chi connectivity index (χ0) is 37.5. The zero-order valence-electron chi connectivity index (χ0n) is 28.6. The van der Waals surface area contributed by atoms with Crippen LogP contribution < -0.4 is 9.47 Å². The minimum atomic E-state index is -2.19. The first-order valence-electron chi connectivity index (χ1n) is 16.8. The molecule has 0 unspecified atom stereocenters. The summed E-state index contributed by atoms with van der Waals surface area (Å²) in [4.78, 5) is 26.0. The van der Waals surface area contributed by atoms with E-state index in [0.717, 1.165) is 0 Å². The van der Waals surface area contributed by atoms with Gasteiger partial charge in [0.15, 0.2) is 5.60 Å². The number of rotatable bonds is 15. The summed E-state index contributed by atoms with van der Waals surface area (Å²) >= 11 is 0. The van der Waals surface area contributed by atoms with Gasteiger partial charge in [0.05, 0.1) is 19.1 Å². The van der Waals surface area contributed by atoms with Crippen molar-refractivity contribution in [3.05, 3.63) is 59.7 Å². The highest BCUT2D eigenvalue weighted by molar-refractivity contribution is 5.86. The van der Waals surface area contributed by atoms with Crippen LogP contribution in [0.25, 0.3) is 0 Å². The van der Waals surface area contributed by atoms with Gasteiger partial charge in [-0.1, -0.05) is 51.5 Å². The number of benzene rings is 2. The number of carbonyl (C=O) groups excluding carboxylic acids is 2. The predicted molar refractivity (Wildman–Crippen MR) is 173 cm³/mol. The van der Waals surface area contributed by atoms with Gasteiger partial charge in [-0.3, -0.25) is 4.79 Å². The molecule has 2 aliphatic rings. The first kappa shape index (κ1) is 40.4. The maximum atomic E-state index is 13.1. The monoisotopic (exact) mass is 724 g/mol. The standard InChI is InChI=1S/C35H48O16/c1-4-18(3)35(45,34(44)47-17-20-8-12-22(13-9-20)49-33-31(43)29(41)27(39)24(15-36)51-33)14-25(37)46-16-19-6-10-21(11-7-19)48-32-30(42)28(40)26(38)23(5-2)50-32/h6-13,18,23-24,26-33,36,38-43,45H,4-5,14-17H2,1-3H3/t18-,23+,24+,26+,27+,28-,29-,30+,31+,32+,33+,35-/m0/s1. The van der Waals surface area contributed by atoms with Crippen LogP contribution in [0.3, 0.4) is 0 Å². The third-order valence-electron chi connectivity index (χ3n) is 9.24. The molecule has 2 saturated heterocycles. The molecular weight excluding hydrogens is 676 g/mol. The predicted octanol–water partition coefficient (Wildman–Crippen LogP) is -0.584. The van der Waals surface area contributed by atoms with Crippen molar-refractivity contribution >= 4 is 11.9 Å². The first-order chi connectivity index (χ1) is 24.2. The summed E-state index contributed by atoms with van der Waals surface area (Å²) in [6, 6.07) is 12.3. The van der Waals surface area contributed by atoms with Crippen LogP contribution in [0.5, 0.6) is 11.5 Å². The molecule has 16 heteroatoms. The van der Waals surface area contributed by atoms with E-state index in [1.807, 2.05) is 0 Å². The van der Waals surface area contributed by atoms with Gasteiger partial charge in [0.1, 0.15) is 67.4 Å². The van der Waals surface area contributed by atoms with Crippen LogP contribution in [0, 0.1) is 5.92 Å². The molecular formula is C35H48O16. The largest absolute Gasteiger partial charge is 0.462 e. The van der Waals surface area contributed by atoms with E-state index in [2.05, 4.69) is 0 Å². The SMILES string of the molecule is CC[C@H]1O[C@@H](Oc2ccc(COC(=O)C[C@@](O)(C(=O)OCc3ccc(O[C@@H]4O[C@H](CO)[C@@H](O)[C@H](O)[C@H]4O)cc3)[C@@H](C)CC)cc2)[C@H](O)[C@@H](O)[C@@H]1O. The third kappa shape index (κ3) is 9.72. The van der Waals surface area contributed by atoms with Gasteiger partial charge in [0.25, 0.3) is 0 Å². The molecule has 2 aromatic carbocycles. The maximum absolute atomic E-state index is 13.1. The number of ether oxygens (including phenoxy) is 6. The Morgan fingerprint density at radius 3 is 1.61 bits per heavy atom. The highest BCUT2D eigenvalue weighted by Crippen LogP contribution is 2.29. The molecule has 2 fully saturated rings. The van der Waals surface area contributed by atoms with E-state index in [4.69, 9.17) is 28.4 Å². The summed E-state index contributed by atoms with van der Waals surface area (Å²) in [5.41, 5.74) is -1.14. The zero-order valence-corrected chi connectivity index (χ0v) is 28.6. The van der Waals surface area contributed by atoms with Crippen LogP contribution in [0.4, 0.5) is 0 Å². The normalized spacial score (nSPS) is 31.2. The number of aliphatic hydroxyl groups is 8. The average molecular weight is 725 g/mol. The van der Waals surface area contributed by atoms with Crippen molar-refractivity contribution in [1.82, 2.24) is 0 Å². The maximum Gasteiger partial charge on any atom is 0.339 e. The quantitative estimate of drug-likeness (QED) is 0.107. The number of esters is 2. The molecule has 0 aliphatic carbocycles. The lowest BCUT2D eigenvalue weighted by Gasteiger charge is -2.40. The summed E-state index contributed by atoms with van der Waals surface area (Å²) in [7, 11) is 0. The summed E-state index contributed by atoms with van der Waals surface area (Å²) < 4.78 is 32.9. The van der Waals surface area contributed by atoms with E-state index in [0.29, 0.717) is 24.0 Å². The molecule has 0 aromatic heterocycles. The van der Waals surface area contributed by atoms with E-state index in [1.54, 1.807) is 57.2 Å². The molecule has 284 valence electrons. The van der Waals surface area contributed by atoms with Crippen molar-refractivity contribution in [2.75, 3.05) is 6.61 Å². The molecule has 0 spiro atoms. The van der Waals surface area contributed by atoms with Gasteiger partial charge >= 0.3 is 11.9 Å². The van der Waals surface area contributed by atoms with Crippen molar-refractivity contribution in [2.24, 2.45) is 5.92 Å². The second kappa shape index (κ2) is 17.9. The van der Waals surface area contributed by atoms with Crippen LogP contribution in [-0.2, 0) is 41.8 Å². The molecule has 16 nitrogen and oxygen atoms in total. The molecule has 0 amide bonds. The molecule has 8 N–H and O–H groups in total. The van der Waals surface area contributed by atoms with Gasteiger partial charge in [-0.2, -0.15) is 0 Å². The topological polar surface area (TPSA) is 251 Å². The molecule has 12 atom stereocenters. The van der Waals surface area contributed by atoms with Crippen LogP contribution in [0.1, 0.15) is 51.2 Å². The number of carbonyl (C=O) groups is 2. The van der Waals surface area contributed by atoms with E-state index in [1.165, 1.54) is 12.1 Å². The molecule has 2 aromatic rings. The Kier molecular flexibility index (Phi) is 14.1. The van der Waals surface area contributed by atoms with Crippen LogP contribution in [0.2, 0.25) is 0 Å². The molecule has 51 heavy (non-hydrogen) atoms. The Morgan fingerprint density at radius 2 is 1.16 bits per heavy atom. The van der Waals surface area contributed by atoms with Crippen molar-refractivity contribution in [2.45, 2.75) is 120 Å². The Labute approximate surface area is 294 Å². The van der Waals surface area contributed by atoms with Crippen molar-refractivity contribution in [1.29, 1.82) is 0 Å². The fourth-order valence-electron chi connectivity index (χ4n) is 5.61. The summed E-state index contributed by atoms with van der Waals surface area (Å²) in [6.45, 7) is 4.06. The van der Waals surface area contributed by atoms with Gasteiger partial charge in [-0.25, -0.2) is 4.79 Å². The molecule has 0 radical (unpaired) electrons. The molecule has 0 bridgehead atoms. The van der Waals surface area contributed by atoms with Gasteiger partial charge in [-0.15, -0.1) is 0 Å². The summed E-state index contributed by atoms with van der Waals surface area (Å²) in [5.74, 6) is -2.04. The van der Waals surface area contributed by atoms with Crippen molar-refractivity contribution in [3.63, 3.8) is 0 Å². The number of hydrogen-bond acceptors (Lipinski definition) is 16. The lowest BCUT2D eigenvalue weighted by molar-refractivity contribution is -0.277. The van der Waals surface area contributed by atoms with Crippen molar-refractivity contribution < 1.29 is 78.9 Å². The fourth-order valence-corrected chi connectivity index (χ4v) is 5.61. The van der Waals surface area contributed by atoms with Gasteiger partial charge < -0.3 is 69.3 Å². The van der Waals surface area contributed by atoms with E-state index < -0.39 is 97.9 Å². The van der Waals surface area contributed by atoms with Crippen LogP contribution in [-0.4, -0.2) is 126 Å². The smallest absolute Gasteiger partial charge is 0.339 e. The minimum Gasteiger partial charge on any atom is -0.462 e. The van der Waals surface area contributed by atoms with Gasteiger partial charge in [0, 0.05) is 0 Å². The number of aliphatic hydroxyl groups excluding tert-OH is 7. The van der Waals surface area contributed by atoms with Crippen LogP contribution in [0.15, 0.2) is 48.5 Å². The lowest BCUT2D eigenvalue weighted by atomic mass is 9.84. The van der Waals surface area contributed by atoms with Gasteiger partial charge in [0.2, 0.25) is 12.6 Å². The molecule has 4 rings (SSSR count). The first-order valence-corrected chi connectivity index (χ1v) is 16.8. The third-order valence-corrected chi connectivity index (χ3v) is 9.24. The Bertz CT molecular complexity index is 1400. The van der Waals surface area contributed by atoms with Gasteiger partial charge in [-0.05, 0) is 47.7 Å². The lowest BCUT2D eigenvalue weighted by Crippen LogP contribution is -2.60. The van der Waals surface area contributed by atoms with E-state index in [9.17, 15) is 50.4 Å². The molecule has 2 aliphatic heterocycles. The van der Waals surface area contributed by atoms with Crippen molar-refractivity contribution in [3.8, 4) is 11.5 Å². The number of hydrogen-bond donors (Lipinski definition) is 8.